The van der Waals surface area contributed by atoms with Gasteiger partial charge in [0.05, 0.1) is 10.9 Å². The third-order valence-corrected chi connectivity index (χ3v) is 4.70. The lowest BCUT2D eigenvalue weighted by molar-refractivity contribution is -0.145. The molecule has 0 saturated carbocycles. The summed E-state index contributed by atoms with van der Waals surface area (Å²) in [6.45, 7) is 1.23. The standard InChI is InChI=1S/C11H11BrN2O4S/c1-11(6-3-4-7(12)19-6)9(16)14(10(17)13-11)5-8(15)18-2/h3-4H,5H2,1-2H3,(H,13,17)/t11-/m0/s1. The average molecular weight is 347 g/mol. The zero-order valence-electron chi connectivity index (χ0n) is 10.2. The second kappa shape index (κ2) is 4.93. The maximum absolute atomic E-state index is 12.3. The fourth-order valence-corrected chi connectivity index (χ4v) is 3.26. The van der Waals surface area contributed by atoms with Crippen LogP contribution in [0.15, 0.2) is 15.9 Å². The maximum Gasteiger partial charge on any atom is 0.325 e. The summed E-state index contributed by atoms with van der Waals surface area (Å²) < 4.78 is 5.33. The zero-order valence-corrected chi connectivity index (χ0v) is 12.6. The fourth-order valence-electron chi connectivity index (χ4n) is 1.78. The molecular formula is C11H11BrN2O4S. The van der Waals surface area contributed by atoms with Crippen LogP contribution in [0.2, 0.25) is 0 Å². The van der Waals surface area contributed by atoms with E-state index in [-0.39, 0.29) is 6.54 Å². The molecular weight excluding hydrogens is 336 g/mol. The molecule has 0 bridgehead atoms. The number of hydrogen-bond acceptors (Lipinski definition) is 5. The van der Waals surface area contributed by atoms with Crippen molar-refractivity contribution in [1.29, 1.82) is 0 Å². The van der Waals surface area contributed by atoms with Crippen molar-refractivity contribution in [2.24, 2.45) is 0 Å². The van der Waals surface area contributed by atoms with E-state index >= 15 is 0 Å². The highest BCUT2D eigenvalue weighted by molar-refractivity contribution is 9.11. The van der Waals surface area contributed by atoms with Crippen molar-refractivity contribution in [3.8, 4) is 0 Å². The van der Waals surface area contributed by atoms with Crippen molar-refractivity contribution in [1.82, 2.24) is 10.2 Å². The number of urea groups is 1. The van der Waals surface area contributed by atoms with E-state index in [1.807, 2.05) is 0 Å². The number of nitrogens with zero attached hydrogens (tertiary/aromatic N) is 1. The number of rotatable bonds is 3. The fraction of sp³-hybridized carbons (Fsp3) is 0.364. The average Bonchev–Trinajstić information content (AvgIpc) is 2.88. The van der Waals surface area contributed by atoms with Gasteiger partial charge in [-0.05, 0) is 35.0 Å². The van der Waals surface area contributed by atoms with Gasteiger partial charge < -0.3 is 10.1 Å². The molecule has 0 radical (unpaired) electrons. The van der Waals surface area contributed by atoms with E-state index in [1.165, 1.54) is 18.4 Å². The quantitative estimate of drug-likeness (QED) is 0.663. The first-order chi connectivity index (χ1) is 8.88. The number of nitrogens with one attached hydrogen (secondary N) is 1. The van der Waals surface area contributed by atoms with Gasteiger partial charge in [0, 0.05) is 4.88 Å². The monoisotopic (exact) mass is 346 g/mol. The van der Waals surface area contributed by atoms with Crippen LogP contribution in [0.25, 0.3) is 0 Å². The second-order valence-electron chi connectivity index (χ2n) is 4.13. The van der Waals surface area contributed by atoms with Crippen molar-refractivity contribution >= 4 is 45.2 Å². The molecule has 1 saturated heterocycles. The van der Waals surface area contributed by atoms with Crippen molar-refractivity contribution in [3.05, 3.63) is 20.8 Å². The van der Waals surface area contributed by atoms with Crippen LogP contribution < -0.4 is 5.32 Å². The van der Waals surface area contributed by atoms with Crippen LogP contribution in [-0.4, -0.2) is 36.5 Å². The van der Waals surface area contributed by atoms with E-state index in [4.69, 9.17) is 0 Å². The Morgan fingerprint density at radius 1 is 1.53 bits per heavy atom. The molecule has 1 aromatic rings. The number of thiophene rings is 1. The van der Waals surface area contributed by atoms with Crippen LogP contribution in [0.1, 0.15) is 11.8 Å². The predicted molar refractivity (Wildman–Crippen MR) is 71.6 cm³/mol. The lowest BCUT2D eigenvalue weighted by Gasteiger charge is -2.19. The van der Waals surface area contributed by atoms with E-state index < -0.39 is 23.4 Å². The van der Waals surface area contributed by atoms with Gasteiger partial charge in [0.25, 0.3) is 5.91 Å². The molecule has 2 rings (SSSR count). The number of amides is 3. The topological polar surface area (TPSA) is 75.7 Å². The van der Waals surface area contributed by atoms with E-state index in [1.54, 1.807) is 19.1 Å². The molecule has 2 heterocycles. The number of carbonyl (C=O) groups is 3. The van der Waals surface area contributed by atoms with Crippen LogP contribution >= 0.6 is 27.3 Å². The molecule has 1 aliphatic rings. The minimum Gasteiger partial charge on any atom is -0.468 e. The van der Waals surface area contributed by atoms with E-state index in [9.17, 15) is 14.4 Å². The Bertz CT molecular complexity index is 559. The first-order valence-electron chi connectivity index (χ1n) is 5.35. The summed E-state index contributed by atoms with van der Waals surface area (Å²) in [5.74, 6) is -1.10. The van der Waals surface area contributed by atoms with Crippen molar-refractivity contribution < 1.29 is 19.1 Å². The molecule has 102 valence electrons. The number of imide groups is 1. The molecule has 0 unspecified atom stereocenters. The zero-order chi connectivity index (χ0) is 14.2. The first-order valence-corrected chi connectivity index (χ1v) is 6.96. The summed E-state index contributed by atoms with van der Waals surface area (Å²) in [5, 5.41) is 2.61. The SMILES string of the molecule is COC(=O)CN1C(=O)N[C@@](C)(c2ccc(Br)s2)C1=O. The van der Waals surface area contributed by atoms with Crippen molar-refractivity contribution in [2.45, 2.75) is 12.5 Å². The van der Waals surface area contributed by atoms with E-state index in [0.717, 1.165) is 8.69 Å². The number of esters is 1. The predicted octanol–water partition coefficient (Wildman–Crippen LogP) is 1.45. The highest BCUT2D eigenvalue weighted by Crippen LogP contribution is 2.35. The van der Waals surface area contributed by atoms with Gasteiger partial charge in [-0.2, -0.15) is 0 Å². The third-order valence-electron chi connectivity index (χ3n) is 2.86. The van der Waals surface area contributed by atoms with Gasteiger partial charge in [0.2, 0.25) is 0 Å². The Morgan fingerprint density at radius 2 is 2.21 bits per heavy atom. The van der Waals surface area contributed by atoms with Crippen LogP contribution in [0, 0.1) is 0 Å². The smallest absolute Gasteiger partial charge is 0.325 e. The van der Waals surface area contributed by atoms with Gasteiger partial charge in [-0.25, -0.2) is 4.79 Å². The Morgan fingerprint density at radius 3 is 2.74 bits per heavy atom. The first kappa shape index (κ1) is 14.0. The van der Waals surface area contributed by atoms with Crippen LogP contribution in [-0.2, 0) is 19.9 Å². The highest BCUT2D eigenvalue weighted by atomic mass is 79.9. The van der Waals surface area contributed by atoms with Crippen molar-refractivity contribution in [2.75, 3.05) is 13.7 Å². The summed E-state index contributed by atoms with van der Waals surface area (Å²) in [6, 6.07) is 2.96. The van der Waals surface area contributed by atoms with E-state index in [0.29, 0.717) is 4.88 Å². The molecule has 1 N–H and O–H groups in total. The Hall–Kier alpha value is -1.41. The maximum atomic E-state index is 12.3. The number of hydrogen-bond donors (Lipinski definition) is 1. The number of methoxy groups -OCH3 is 1. The van der Waals surface area contributed by atoms with Crippen LogP contribution in [0.5, 0.6) is 0 Å². The Kier molecular flexibility index (Phi) is 3.64. The summed E-state index contributed by atoms with van der Waals surface area (Å²) in [5.41, 5.74) is -1.14. The highest BCUT2D eigenvalue weighted by Gasteiger charge is 2.50. The minimum absolute atomic E-state index is 0.386. The largest absolute Gasteiger partial charge is 0.468 e. The molecule has 1 fully saturated rings. The molecule has 1 aliphatic heterocycles. The normalized spacial score (nSPS) is 22.6. The summed E-state index contributed by atoms with van der Waals surface area (Å²) >= 11 is 4.67. The molecule has 0 aliphatic carbocycles. The molecule has 19 heavy (non-hydrogen) atoms. The van der Waals surface area contributed by atoms with Gasteiger partial charge >= 0.3 is 12.0 Å². The third kappa shape index (κ3) is 2.37. The summed E-state index contributed by atoms with van der Waals surface area (Å²) in [7, 11) is 1.20. The minimum atomic E-state index is -1.14. The molecule has 0 aromatic carbocycles. The second-order valence-corrected chi connectivity index (χ2v) is 6.59. The molecule has 8 heteroatoms. The number of ether oxygens (including phenoxy) is 1. The van der Waals surface area contributed by atoms with Crippen LogP contribution in [0.3, 0.4) is 0 Å². The van der Waals surface area contributed by atoms with Gasteiger partial charge in [-0.15, -0.1) is 11.3 Å². The summed E-state index contributed by atoms with van der Waals surface area (Å²) in [6.07, 6.45) is 0. The Balaban J connectivity index is 2.28. The molecule has 0 spiro atoms. The van der Waals surface area contributed by atoms with E-state index in [2.05, 4.69) is 26.0 Å². The Labute approximate surface area is 121 Å². The molecule has 6 nitrogen and oxygen atoms in total. The molecule has 3 amide bonds. The molecule has 1 aromatic heterocycles. The van der Waals surface area contributed by atoms with Gasteiger partial charge in [-0.3, -0.25) is 14.5 Å². The summed E-state index contributed by atoms with van der Waals surface area (Å²) in [4.78, 5) is 36.9. The van der Waals surface area contributed by atoms with Gasteiger partial charge in [0.15, 0.2) is 5.54 Å². The number of halogens is 1. The van der Waals surface area contributed by atoms with Crippen molar-refractivity contribution in [3.63, 3.8) is 0 Å². The number of carbonyl (C=O) groups excluding carboxylic acids is 3. The van der Waals surface area contributed by atoms with Crippen LogP contribution in [0.4, 0.5) is 4.79 Å². The lowest BCUT2D eigenvalue weighted by Crippen LogP contribution is -2.41. The molecule has 1 atom stereocenters. The van der Waals surface area contributed by atoms with Gasteiger partial charge in [-0.1, -0.05) is 0 Å². The van der Waals surface area contributed by atoms with Gasteiger partial charge in [0.1, 0.15) is 6.54 Å². The lowest BCUT2D eigenvalue weighted by atomic mass is 10.0.